The van der Waals surface area contributed by atoms with Crippen molar-refractivity contribution < 1.29 is 9.90 Å². The minimum atomic E-state index is -0.260. The van der Waals surface area contributed by atoms with Gasteiger partial charge in [-0.3, -0.25) is 4.79 Å². The topological polar surface area (TPSA) is 92.4 Å². The lowest BCUT2D eigenvalue weighted by atomic mass is 10.2. The molecule has 0 radical (unpaired) electrons. The fourth-order valence-corrected chi connectivity index (χ4v) is 3.99. The molecule has 7 nitrogen and oxygen atoms in total. The number of phenolic OH excluding ortho intramolecular Hbond substituents is 1. The number of hydrogen-bond donors (Lipinski definition) is 2. The number of aryl methyl sites for hydroxylation is 1. The molecule has 0 aliphatic heterocycles. The van der Waals surface area contributed by atoms with E-state index in [2.05, 4.69) is 43.3 Å². The van der Waals surface area contributed by atoms with Gasteiger partial charge in [0.1, 0.15) is 12.1 Å². The summed E-state index contributed by atoms with van der Waals surface area (Å²) in [6.07, 6.45) is 2.99. The molecule has 2 aromatic rings. The molecule has 1 aromatic heterocycles. The highest BCUT2D eigenvalue weighted by atomic mass is 127. The number of hydrazone groups is 1. The third-order valence-electron chi connectivity index (χ3n) is 2.45. The standard InChI is InChI=1S/C12H11I2N5O2S/c1-19-6-16-18-12(19)22-5-10(20)17-15-4-7-2-8(13)3-9(14)11(7)21/h2-4,6,21H,5H2,1H3,(H,17,20)/b15-4+. The molecule has 0 aliphatic carbocycles. The van der Waals surface area contributed by atoms with Gasteiger partial charge in [-0.25, -0.2) is 5.43 Å². The Labute approximate surface area is 158 Å². The summed E-state index contributed by atoms with van der Waals surface area (Å²) in [4.78, 5) is 11.7. The fourth-order valence-electron chi connectivity index (χ4n) is 1.42. The van der Waals surface area contributed by atoms with Crippen LogP contribution in [0.5, 0.6) is 5.75 Å². The summed E-state index contributed by atoms with van der Waals surface area (Å²) in [5.41, 5.74) is 2.97. The molecule has 0 saturated heterocycles. The second kappa shape index (κ2) is 8.10. The molecule has 22 heavy (non-hydrogen) atoms. The maximum Gasteiger partial charge on any atom is 0.250 e. The molecule has 0 aliphatic rings. The van der Waals surface area contributed by atoms with Crippen LogP contribution in [0.25, 0.3) is 0 Å². The Balaban J connectivity index is 1.90. The van der Waals surface area contributed by atoms with E-state index in [0.717, 1.165) is 7.14 Å². The predicted molar refractivity (Wildman–Crippen MR) is 101 cm³/mol. The summed E-state index contributed by atoms with van der Waals surface area (Å²) in [5, 5.41) is 22.0. The zero-order valence-electron chi connectivity index (χ0n) is 11.3. The van der Waals surface area contributed by atoms with Crippen molar-refractivity contribution in [1.82, 2.24) is 20.2 Å². The fraction of sp³-hybridized carbons (Fsp3) is 0.167. The lowest BCUT2D eigenvalue weighted by Crippen LogP contribution is -2.19. The number of aromatic nitrogens is 3. The summed E-state index contributed by atoms with van der Waals surface area (Å²) in [5.74, 6) is 0.0660. The van der Waals surface area contributed by atoms with E-state index >= 15 is 0 Å². The van der Waals surface area contributed by atoms with Crippen molar-refractivity contribution in [2.45, 2.75) is 5.16 Å². The summed E-state index contributed by atoms with van der Waals surface area (Å²) < 4.78 is 3.44. The van der Waals surface area contributed by atoms with Gasteiger partial charge in [0.2, 0.25) is 0 Å². The lowest BCUT2D eigenvalue weighted by Gasteiger charge is -2.03. The number of nitrogens with zero attached hydrogens (tertiary/aromatic N) is 4. The summed E-state index contributed by atoms with van der Waals surface area (Å²) >= 11 is 5.46. The van der Waals surface area contributed by atoms with E-state index in [0.29, 0.717) is 10.7 Å². The highest BCUT2D eigenvalue weighted by Crippen LogP contribution is 2.25. The maximum absolute atomic E-state index is 11.7. The van der Waals surface area contributed by atoms with Crippen molar-refractivity contribution in [3.63, 3.8) is 0 Å². The Hall–Kier alpha value is -0.890. The van der Waals surface area contributed by atoms with E-state index in [9.17, 15) is 9.90 Å². The van der Waals surface area contributed by atoms with Gasteiger partial charge in [0.05, 0.1) is 15.5 Å². The molecular weight excluding hydrogens is 532 g/mol. The molecule has 0 bridgehead atoms. The second-order valence-corrected chi connectivity index (χ2v) is 7.48. The van der Waals surface area contributed by atoms with Crippen LogP contribution < -0.4 is 5.43 Å². The monoisotopic (exact) mass is 543 g/mol. The van der Waals surface area contributed by atoms with Crippen LogP contribution >= 0.6 is 56.9 Å². The number of halogens is 2. The minimum Gasteiger partial charge on any atom is -0.506 e. The zero-order valence-corrected chi connectivity index (χ0v) is 16.5. The van der Waals surface area contributed by atoms with Crippen molar-refractivity contribution in [2.24, 2.45) is 12.1 Å². The number of carbonyl (C=O) groups excluding carboxylic acids is 1. The van der Waals surface area contributed by atoms with Crippen molar-refractivity contribution >= 4 is 69.1 Å². The van der Waals surface area contributed by atoms with Crippen molar-refractivity contribution in [2.75, 3.05) is 5.75 Å². The Morgan fingerprint density at radius 3 is 3.00 bits per heavy atom. The first-order valence-corrected chi connectivity index (χ1v) is 9.08. The van der Waals surface area contributed by atoms with Crippen LogP contribution in [-0.2, 0) is 11.8 Å². The van der Waals surface area contributed by atoms with E-state index in [4.69, 9.17) is 0 Å². The highest BCUT2D eigenvalue weighted by molar-refractivity contribution is 14.1. The highest BCUT2D eigenvalue weighted by Gasteiger charge is 2.07. The second-order valence-electron chi connectivity index (χ2n) is 4.13. The average molecular weight is 543 g/mol. The number of carbonyl (C=O) groups is 1. The number of rotatable bonds is 5. The number of hydrogen-bond acceptors (Lipinski definition) is 6. The Kier molecular flexibility index (Phi) is 6.43. The Morgan fingerprint density at radius 1 is 1.55 bits per heavy atom. The first-order chi connectivity index (χ1) is 10.5. The molecule has 2 rings (SSSR count). The van der Waals surface area contributed by atoms with Gasteiger partial charge in [-0.05, 0) is 57.3 Å². The molecule has 116 valence electrons. The van der Waals surface area contributed by atoms with Crippen LogP contribution in [-0.4, -0.2) is 37.7 Å². The van der Waals surface area contributed by atoms with Gasteiger partial charge in [0.15, 0.2) is 5.16 Å². The third kappa shape index (κ3) is 4.81. The van der Waals surface area contributed by atoms with Crippen molar-refractivity contribution in [3.8, 4) is 5.75 Å². The smallest absolute Gasteiger partial charge is 0.250 e. The van der Waals surface area contributed by atoms with Gasteiger partial charge in [0.25, 0.3) is 5.91 Å². The molecule has 10 heteroatoms. The summed E-state index contributed by atoms with van der Waals surface area (Å²) in [6, 6.07) is 3.63. The van der Waals surface area contributed by atoms with Crippen molar-refractivity contribution in [3.05, 3.63) is 31.2 Å². The SMILES string of the molecule is Cn1cnnc1SCC(=O)N/N=C/c1cc(I)cc(I)c1O. The number of amides is 1. The van der Waals surface area contributed by atoms with Crippen molar-refractivity contribution in [1.29, 1.82) is 0 Å². The molecular formula is C12H11I2N5O2S. The Morgan fingerprint density at radius 2 is 2.32 bits per heavy atom. The van der Waals surface area contributed by atoms with Gasteiger partial charge in [-0.1, -0.05) is 11.8 Å². The molecule has 0 unspecified atom stereocenters. The van der Waals surface area contributed by atoms with E-state index in [-0.39, 0.29) is 17.4 Å². The molecule has 0 atom stereocenters. The summed E-state index contributed by atoms with van der Waals surface area (Å²) in [6.45, 7) is 0. The number of benzene rings is 1. The van der Waals surface area contributed by atoms with Gasteiger partial charge < -0.3 is 9.67 Å². The summed E-state index contributed by atoms with van der Waals surface area (Å²) in [7, 11) is 1.81. The van der Waals surface area contributed by atoms with Crippen LogP contribution in [0.2, 0.25) is 0 Å². The predicted octanol–water partition coefficient (Wildman–Crippen LogP) is 1.97. The first-order valence-electron chi connectivity index (χ1n) is 5.94. The van der Waals surface area contributed by atoms with Gasteiger partial charge in [-0.15, -0.1) is 10.2 Å². The zero-order chi connectivity index (χ0) is 16.1. The molecule has 2 N–H and O–H groups in total. The molecule has 1 heterocycles. The average Bonchev–Trinajstić information content (AvgIpc) is 2.87. The molecule has 1 aromatic carbocycles. The molecule has 0 spiro atoms. The van der Waals surface area contributed by atoms with Gasteiger partial charge in [-0.2, -0.15) is 5.10 Å². The molecule has 0 fully saturated rings. The van der Waals surface area contributed by atoms with Crippen LogP contribution in [0.15, 0.2) is 28.7 Å². The number of phenols is 1. The van der Waals surface area contributed by atoms with Crippen LogP contribution in [0.1, 0.15) is 5.56 Å². The lowest BCUT2D eigenvalue weighted by molar-refractivity contribution is -0.118. The van der Waals surface area contributed by atoms with Gasteiger partial charge >= 0.3 is 0 Å². The van der Waals surface area contributed by atoms with E-state index in [1.165, 1.54) is 18.0 Å². The largest absolute Gasteiger partial charge is 0.506 e. The van der Waals surface area contributed by atoms with Crippen LogP contribution in [0.3, 0.4) is 0 Å². The van der Waals surface area contributed by atoms with E-state index < -0.39 is 0 Å². The number of aromatic hydroxyl groups is 1. The minimum absolute atomic E-state index is 0.146. The first kappa shape index (κ1) is 17.5. The normalized spacial score (nSPS) is 11.0. The van der Waals surface area contributed by atoms with E-state index in [1.54, 1.807) is 24.0 Å². The number of nitrogens with one attached hydrogen (secondary N) is 1. The quantitative estimate of drug-likeness (QED) is 0.261. The maximum atomic E-state index is 11.7. The van der Waals surface area contributed by atoms with E-state index in [1.807, 2.05) is 28.7 Å². The number of thioether (sulfide) groups is 1. The Bertz CT molecular complexity index is 720. The van der Waals surface area contributed by atoms with Crippen LogP contribution in [0, 0.1) is 7.14 Å². The van der Waals surface area contributed by atoms with Gasteiger partial charge in [0, 0.05) is 16.2 Å². The molecule has 1 amide bonds. The third-order valence-corrected chi connectivity index (χ3v) is 4.93. The molecule has 0 saturated carbocycles. The van der Waals surface area contributed by atoms with Crippen LogP contribution in [0.4, 0.5) is 0 Å².